The summed E-state index contributed by atoms with van der Waals surface area (Å²) in [6, 6.07) is 8.09. The predicted octanol–water partition coefficient (Wildman–Crippen LogP) is 4.73. The second-order valence-corrected chi connectivity index (χ2v) is 8.85. The van der Waals surface area contributed by atoms with Gasteiger partial charge in [0, 0.05) is 16.9 Å². The molecule has 1 fully saturated rings. The number of benzene rings is 1. The van der Waals surface area contributed by atoms with Gasteiger partial charge in [0.1, 0.15) is 11.5 Å². The van der Waals surface area contributed by atoms with E-state index in [1.165, 1.54) is 11.3 Å². The summed E-state index contributed by atoms with van der Waals surface area (Å²) in [6.45, 7) is 6.48. The maximum absolute atomic E-state index is 6.29. The summed E-state index contributed by atoms with van der Waals surface area (Å²) in [4.78, 5) is 4.72. The van der Waals surface area contributed by atoms with Crippen LogP contribution in [0.3, 0.4) is 0 Å². The molecule has 5 rings (SSSR count). The zero-order valence-corrected chi connectivity index (χ0v) is 16.3. The van der Waals surface area contributed by atoms with E-state index >= 15 is 0 Å². The van der Waals surface area contributed by atoms with Crippen molar-refractivity contribution in [2.24, 2.45) is 0 Å². The van der Waals surface area contributed by atoms with Crippen LogP contribution in [-0.2, 0) is 10.8 Å². The van der Waals surface area contributed by atoms with Crippen molar-refractivity contribution in [2.75, 3.05) is 7.11 Å². The van der Waals surface area contributed by atoms with Gasteiger partial charge in [-0.25, -0.2) is 9.67 Å². The quantitative estimate of drug-likeness (QED) is 0.675. The number of ether oxygens (including phenoxy) is 1. The molecule has 0 amide bonds. The lowest BCUT2D eigenvalue weighted by atomic mass is 9.81. The Balaban J connectivity index is 1.58. The Kier molecular flexibility index (Phi) is 3.37. The van der Waals surface area contributed by atoms with Crippen molar-refractivity contribution >= 4 is 0 Å². The van der Waals surface area contributed by atoms with Crippen molar-refractivity contribution in [2.45, 2.75) is 56.8 Å². The van der Waals surface area contributed by atoms with Crippen molar-refractivity contribution in [3.8, 4) is 11.4 Å². The Morgan fingerprint density at radius 1 is 1.19 bits per heavy atom. The van der Waals surface area contributed by atoms with E-state index in [0.717, 1.165) is 42.4 Å². The highest BCUT2D eigenvalue weighted by Gasteiger charge is 2.55. The van der Waals surface area contributed by atoms with Gasteiger partial charge in [-0.2, -0.15) is 5.10 Å². The molecule has 1 saturated carbocycles. The highest BCUT2D eigenvalue weighted by Crippen LogP contribution is 2.60. The summed E-state index contributed by atoms with van der Waals surface area (Å²) in [6.07, 6.45) is 7.24. The number of aromatic nitrogens is 3. The number of hydrogen-bond acceptors (Lipinski definition) is 4. The van der Waals surface area contributed by atoms with Crippen molar-refractivity contribution in [3.05, 3.63) is 59.6 Å². The van der Waals surface area contributed by atoms with Gasteiger partial charge in [0.2, 0.25) is 5.89 Å². The summed E-state index contributed by atoms with van der Waals surface area (Å²) >= 11 is 0. The van der Waals surface area contributed by atoms with Gasteiger partial charge in [0.15, 0.2) is 0 Å². The van der Waals surface area contributed by atoms with Gasteiger partial charge in [0.05, 0.1) is 36.3 Å². The van der Waals surface area contributed by atoms with Crippen LogP contribution in [0.1, 0.15) is 68.9 Å². The van der Waals surface area contributed by atoms with Crippen LogP contribution >= 0.6 is 0 Å². The maximum atomic E-state index is 6.29. The molecule has 3 aromatic rings. The fourth-order valence-corrected chi connectivity index (χ4v) is 4.72. The number of methoxy groups -OCH3 is 1. The molecule has 5 nitrogen and oxygen atoms in total. The minimum atomic E-state index is -0.117. The minimum Gasteiger partial charge on any atom is -0.497 e. The van der Waals surface area contributed by atoms with Crippen molar-refractivity contribution < 1.29 is 9.15 Å². The van der Waals surface area contributed by atoms with E-state index in [0.29, 0.717) is 5.92 Å². The molecule has 5 heteroatoms. The topological polar surface area (TPSA) is 53.1 Å². The van der Waals surface area contributed by atoms with Crippen LogP contribution < -0.4 is 4.74 Å². The van der Waals surface area contributed by atoms with Gasteiger partial charge in [-0.15, -0.1) is 0 Å². The van der Waals surface area contributed by atoms with Crippen molar-refractivity contribution in [1.82, 2.24) is 14.8 Å². The van der Waals surface area contributed by atoms with Crippen LogP contribution in [-0.4, -0.2) is 21.9 Å². The van der Waals surface area contributed by atoms with E-state index < -0.39 is 0 Å². The van der Waals surface area contributed by atoms with Crippen LogP contribution in [0.4, 0.5) is 0 Å². The molecular formula is C22H25N3O2. The molecule has 2 atom stereocenters. The van der Waals surface area contributed by atoms with Crippen LogP contribution in [0.15, 0.2) is 41.1 Å². The fourth-order valence-electron chi connectivity index (χ4n) is 4.72. The molecule has 2 heterocycles. The minimum absolute atomic E-state index is 0.0331. The SMILES string of the molecule is COc1ccc(-n2ncc3c2C2CCC3(c3ncc(C(C)(C)C)o3)C2)cc1. The smallest absolute Gasteiger partial charge is 0.205 e. The Hall–Kier alpha value is -2.56. The molecule has 2 bridgehead atoms. The first-order valence-corrected chi connectivity index (χ1v) is 9.62. The Morgan fingerprint density at radius 3 is 2.63 bits per heavy atom. The second kappa shape index (κ2) is 5.47. The summed E-state index contributed by atoms with van der Waals surface area (Å²) in [5, 5.41) is 4.74. The van der Waals surface area contributed by atoms with Gasteiger partial charge in [-0.1, -0.05) is 20.8 Å². The van der Waals surface area contributed by atoms with Crippen molar-refractivity contribution in [3.63, 3.8) is 0 Å². The highest BCUT2D eigenvalue weighted by molar-refractivity contribution is 5.50. The maximum Gasteiger partial charge on any atom is 0.205 e. The molecule has 2 unspecified atom stereocenters. The van der Waals surface area contributed by atoms with E-state index in [9.17, 15) is 0 Å². The van der Waals surface area contributed by atoms with Crippen molar-refractivity contribution in [1.29, 1.82) is 0 Å². The molecule has 0 radical (unpaired) electrons. The normalized spacial score (nSPS) is 23.6. The van der Waals surface area contributed by atoms with Crippen LogP contribution in [0.2, 0.25) is 0 Å². The van der Waals surface area contributed by atoms with Gasteiger partial charge in [-0.05, 0) is 43.5 Å². The molecule has 2 aliphatic rings. The number of rotatable bonds is 3. The summed E-state index contributed by atoms with van der Waals surface area (Å²) < 4.78 is 13.7. The lowest BCUT2D eigenvalue weighted by molar-refractivity contribution is 0.329. The Morgan fingerprint density at radius 2 is 1.96 bits per heavy atom. The molecule has 27 heavy (non-hydrogen) atoms. The third kappa shape index (κ3) is 2.30. The molecule has 0 aliphatic heterocycles. The predicted molar refractivity (Wildman–Crippen MR) is 103 cm³/mol. The largest absolute Gasteiger partial charge is 0.497 e. The standard InChI is InChI=1S/C22H25N3O2/c1-21(2,3)18-13-23-20(27-18)22-10-9-14(11-22)19-17(22)12-24-25(19)15-5-7-16(26-4)8-6-15/h5-8,12-14H,9-11H2,1-4H3. The first kappa shape index (κ1) is 16.6. The molecule has 0 N–H and O–H groups in total. The average molecular weight is 363 g/mol. The van der Waals surface area contributed by atoms with Gasteiger partial charge < -0.3 is 9.15 Å². The average Bonchev–Trinajstić information content (AvgIpc) is 3.41. The lowest BCUT2D eigenvalue weighted by Gasteiger charge is -2.23. The first-order chi connectivity index (χ1) is 12.9. The summed E-state index contributed by atoms with van der Waals surface area (Å²) in [7, 11) is 1.69. The van der Waals surface area contributed by atoms with Gasteiger partial charge >= 0.3 is 0 Å². The van der Waals surface area contributed by atoms with Crippen LogP contribution in [0, 0.1) is 0 Å². The van der Waals surface area contributed by atoms with Crippen LogP contribution in [0.25, 0.3) is 5.69 Å². The number of fused-ring (bicyclic) bond motifs is 5. The van der Waals surface area contributed by atoms with E-state index in [1.54, 1.807) is 7.11 Å². The number of nitrogens with zero attached hydrogens (tertiary/aromatic N) is 3. The summed E-state index contributed by atoms with van der Waals surface area (Å²) in [5.41, 5.74) is 3.53. The van der Waals surface area contributed by atoms with Gasteiger partial charge in [0.25, 0.3) is 0 Å². The van der Waals surface area contributed by atoms with E-state index in [1.807, 2.05) is 24.5 Å². The Bertz CT molecular complexity index is 993. The molecular weight excluding hydrogens is 338 g/mol. The highest BCUT2D eigenvalue weighted by atomic mass is 16.5. The van der Waals surface area contributed by atoms with E-state index in [4.69, 9.17) is 19.2 Å². The van der Waals surface area contributed by atoms with Gasteiger partial charge in [-0.3, -0.25) is 0 Å². The fraction of sp³-hybridized carbons (Fsp3) is 0.455. The molecule has 2 aliphatic carbocycles. The molecule has 2 aromatic heterocycles. The second-order valence-electron chi connectivity index (χ2n) is 8.85. The zero-order chi connectivity index (χ0) is 18.8. The molecule has 0 saturated heterocycles. The molecule has 0 spiro atoms. The van der Waals surface area contributed by atoms with E-state index in [2.05, 4.69) is 37.6 Å². The number of hydrogen-bond donors (Lipinski definition) is 0. The zero-order valence-electron chi connectivity index (χ0n) is 16.3. The van der Waals surface area contributed by atoms with E-state index in [-0.39, 0.29) is 10.8 Å². The number of oxazole rings is 1. The third-order valence-corrected chi connectivity index (χ3v) is 6.19. The Labute approximate surface area is 159 Å². The summed E-state index contributed by atoms with van der Waals surface area (Å²) in [5.74, 6) is 3.18. The monoisotopic (exact) mass is 363 g/mol. The molecule has 140 valence electrons. The molecule has 1 aromatic carbocycles. The van der Waals surface area contributed by atoms with Crippen LogP contribution in [0.5, 0.6) is 5.75 Å². The first-order valence-electron chi connectivity index (χ1n) is 9.62. The third-order valence-electron chi connectivity index (χ3n) is 6.19. The lowest BCUT2D eigenvalue weighted by Crippen LogP contribution is -2.22.